The van der Waals surface area contributed by atoms with Crippen LogP contribution in [0.25, 0.3) is 0 Å². The van der Waals surface area contributed by atoms with Gasteiger partial charge in [0, 0.05) is 31.2 Å². The molecule has 0 spiro atoms. The van der Waals surface area contributed by atoms with Gasteiger partial charge in [-0.3, -0.25) is 0 Å². The van der Waals surface area contributed by atoms with Crippen molar-refractivity contribution in [3.05, 3.63) is 57.8 Å². The predicted molar refractivity (Wildman–Crippen MR) is 116 cm³/mol. The first-order valence-electron chi connectivity index (χ1n) is 10.1. The van der Waals surface area contributed by atoms with E-state index in [1.165, 1.54) is 16.0 Å². The van der Waals surface area contributed by atoms with Crippen LogP contribution in [0, 0.1) is 0 Å². The van der Waals surface area contributed by atoms with Gasteiger partial charge in [-0.15, -0.1) is 11.3 Å². The van der Waals surface area contributed by atoms with Crippen LogP contribution in [0.4, 0.5) is 0 Å². The molecule has 0 saturated carbocycles. The molecule has 28 heavy (non-hydrogen) atoms. The maximum Gasteiger partial charge on any atom is 0.191 e. The zero-order valence-electron chi connectivity index (χ0n) is 16.7. The van der Waals surface area contributed by atoms with Gasteiger partial charge in [-0.2, -0.15) is 0 Å². The molecule has 2 aromatic rings. The van der Waals surface area contributed by atoms with Crippen LogP contribution in [0.2, 0.25) is 0 Å². The summed E-state index contributed by atoms with van der Waals surface area (Å²) in [6, 6.07) is 12.8. The number of hydrogen-bond donors (Lipinski definition) is 2. The quantitative estimate of drug-likeness (QED) is 0.496. The van der Waals surface area contributed by atoms with Gasteiger partial charge in [-0.1, -0.05) is 30.3 Å². The van der Waals surface area contributed by atoms with Crippen molar-refractivity contribution >= 4 is 17.3 Å². The van der Waals surface area contributed by atoms with Crippen LogP contribution in [0.5, 0.6) is 0 Å². The lowest BCUT2D eigenvalue weighted by Crippen LogP contribution is -2.38. The zero-order valence-corrected chi connectivity index (χ0v) is 17.5. The maximum atomic E-state index is 6.04. The van der Waals surface area contributed by atoms with E-state index in [9.17, 15) is 0 Å². The van der Waals surface area contributed by atoms with Crippen LogP contribution >= 0.6 is 11.3 Å². The lowest BCUT2D eigenvalue weighted by Gasteiger charge is -2.22. The van der Waals surface area contributed by atoms with E-state index in [-0.39, 0.29) is 0 Å². The molecule has 1 aromatic heterocycles. The second-order valence-corrected chi connectivity index (χ2v) is 7.93. The van der Waals surface area contributed by atoms with Gasteiger partial charge in [0.1, 0.15) is 0 Å². The molecule has 1 aliphatic rings. The molecule has 5 nitrogen and oxygen atoms in total. The second kappa shape index (κ2) is 11.8. The van der Waals surface area contributed by atoms with Crippen molar-refractivity contribution in [1.29, 1.82) is 0 Å². The molecule has 152 valence electrons. The topological polar surface area (TPSA) is 54.9 Å². The molecular weight excluding hydrogens is 370 g/mol. The molecule has 0 aliphatic carbocycles. The summed E-state index contributed by atoms with van der Waals surface area (Å²) in [4.78, 5) is 6.12. The van der Waals surface area contributed by atoms with Crippen LogP contribution in [0.15, 0.2) is 46.8 Å². The Kier molecular flexibility index (Phi) is 8.81. The fourth-order valence-corrected chi connectivity index (χ4v) is 3.85. The van der Waals surface area contributed by atoms with Crippen molar-refractivity contribution in [2.45, 2.75) is 45.4 Å². The number of benzene rings is 1. The van der Waals surface area contributed by atoms with Crippen LogP contribution in [-0.4, -0.2) is 38.4 Å². The highest BCUT2D eigenvalue weighted by molar-refractivity contribution is 7.09. The normalized spacial score (nSPS) is 15.5. The van der Waals surface area contributed by atoms with E-state index in [2.05, 4.69) is 59.3 Å². The standard InChI is InChI=1S/C22H31N3O2S/c1-2-23-22(24-11-8-21-7-4-14-28-21)25-16-18-5-3-6-19(15-18)17-27-20-9-12-26-13-10-20/h3-7,14-15,20H,2,8-13,16-17H2,1H3,(H2,23,24,25). The highest BCUT2D eigenvalue weighted by Crippen LogP contribution is 2.14. The number of guanidine groups is 1. The third-order valence-corrected chi connectivity index (χ3v) is 5.59. The molecular formula is C22H31N3O2S. The summed E-state index contributed by atoms with van der Waals surface area (Å²) < 4.78 is 11.4. The van der Waals surface area contributed by atoms with Gasteiger partial charge >= 0.3 is 0 Å². The summed E-state index contributed by atoms with van der Waals surface area (Å²) in [5, 5.41) is 8.86. The second-order valence-electron chi connectivity index (χ2n) is 6.89. The molecule has 2 heterocycles. The number of nitrogens with zero attached hydrogens (tertiary/aromatic N) is 1. The first-order chi connectivity index (χ1) is 13.8. The van der Waals surface area contributed by atoms with Crippen molar-refractivity contribution in [2.75, 3.05) is 26.3 Å². The zero-order chi connectivity index (χ0) is 19.4. The largest absolute Gasteiger partial charge is 0.381 e. The highest BCUT2D eigenvalue weighted by atomic mass is 32.1. The molecule has 2 N–H and O–H groups in total. The predicted octanol–water partition coefficient (Wildman–Crippen LogP) is 3.74. The Balaban J connectivity index is 1.48. The van der Waals surface area contributed by atoms with Crippen molar-refractivity contribution < 1.29 is 9.47 Å². The molecule has 0 unspecified atom stereocenters. The van der Waals surface area contributed by atoms with E-state index in [1.54, 1.807) is 11.3 Å². The van der Waals surface area contributed by atoms with E-state index >= 15 is 0 Å². The van der Waals surface area contributed by atoms with Crippen LogP contribution in [0.1, 0.15) is 35.8 Å². The van der Waals surface area contributed by atoms with Crippen molar-refractivity contribution in [1.82, 2.24) is 10.6 Å². The molecule has 0 radical (unpaired) electrons. The number of nitrogens with one attached hydrogen (secondary N) is 2. The van der Waals surface area contributed by atoms with Crippen molar-refractivity contribution in [3.8, 4) is 0 Å². The SMILES string of the molecule is CCNC(=NCc1cccc(COC2CCOCC2)c1)NCCc1cccs1. The van der Waals surface area contributed by atoms with Gasteiger partial charge in [0.15, 0.2) is 5.96 Å². The molecule has 0 atom stereocenters. The number of rotatable bonds is 9. The third kappa shape index (κ3) is 7.26. The van der Waals surface area contributed by atoms with Gasteiger partial charge in [-0.25, -0.2) is 4.99 Å². The number of hydrogen-bond acceptors (Lipinski definition) is 4. The summed E-state index contributed by atoms with van der Waals surface area (Å²) in [6.45, 7) is 6.75. The molecule has 3 rings (SSSR count). The minimum atomic E-state index is 0.323. The van der Waals surface area contributed by atoms with E-state index in [0.717, 1.165) is 51.5 Å². The number of thiophene rings is 1. The summed E-state index contributed by atoms with van der Waals surface area (Å²) in [6.07, 6.45) is 3.32. The summed E-state index contributed by atoms with van der Waals surface area (Å²) in [7, 11) is 0. The Morgan fingerprint density at radius 3 is 2.82 bits per heavy atom. The lowest BCUT2D eigenvalue weighted by molar-refractivity contribution is -0.0390. The molecule has 1 aliphatic heterocycles. The molecule has 6 heteroatoms. The van der Waals surface area contributed by atoms with E-state index in [4.69, 9.17) is 14.5 Å². The summed E-state index contributed by atoms with van der Waals surface area (Å²) in [5.41, 5.74) is 2.40. The lowest BCUT2D eigenvalue weighted by atomic mass is 10.1. The van der Waals surface area contributed by atoms with E-state index in [0.29, 0.717) is 19.3 Å². The minimum absolute atomic E-state index is 0.323. The first-order valence-corrected chi connectivity index (χ1v) is 11.0. The molecule has 1 saturated heterocycles. The Morgan fingerprint density at radius 1 is 1.18 bits per heavy atom. The van der Waals surface area contributed by atoms with Crippen LogP contribution < -0.4 is 10.6 Å². The van der Waals surface area contributed by atoms with Gasteiger partial charge in [0.25, 0.3) is 0 Å². The van der Waals surface area contributed by atoms with Crippen molar-refractivity contribution in [3.63, 3.8) is 0 Å². The van der Waals surface area contributed by atoms with Crippen LogP contribution in [-0.2, 0) is 29.0 Å². The fourth-order valence-electron chi connectivity index (χ4n) is 3.15. The Labute approximate surface area is 172 Å². The fraction of sp³-hybridized carbons (Fsp3) is 0.500. The average Bonchev–Trinajstić information content (AvgIpc) is 3.25. The molecule has 1 aromatic carbocycles. The number of ether oxygens (including phenoxy) is 2. The van der Waals surface area contributed by atoms with Gasteiger partial charge in [0.05, 0.1) is 19.3 Å². The Morgan fingerprint density at radius 2 is 2.04 bits per heavy atom. The molecule has 0 amide bonds. The first kappa shape index (κ1) is 20.8. The van der Waals surface area contributed by atoms with Crippen LogP contribution in [0.3, 0.4) is 0 Å². The Hall–Kier alpha value is -1.89. The Bertz CT molecular complexity index is 712. The third-order valence-electron chi connectivity index (χ3n) is 4.65. The minimum Gasteiger partial charge on any atom is -0.381 e. The highest BCUT2D eigenvalue weighted by Gasteiger charge is 2.14. The maximum absolute atomic E-state index is 6.04. The average molecular weight is 402 g/mol. The number of aliphatic imine (C=N–C) groups is 1. The molecule has 1 fully saturated rings. The van der Waals surface area contributed by atoms with E-state index < -0.39 is 0 Å². The van der Waals surface area contributed by atoms with Gasteiger partial charge in [-0.05, 0) is 48.8 Å². The summed E-state index contributed by atoms with van der Waals surface area (Å²) in [5.74, 6) is 0.864. The monoisotopic (exact) mass is 401 g/mol. The van der Waals surface area contributed by atoms with E-state index in [1.807, 2.05) is 0 Å². The van der Waals surface area contributed by atoms with Crippen molar-refractivity contribution in [2.24, 2.45) is 4.99 Å². The smallest absolute Gasteiger partial charge is 0.191 e. The molecule has 0 bridgehead atoms. The van der Waals surface area contributed by atoms with Gasteiger partial charge in [0.2, 0.25) is 0 Å². The van der Waals surface area contributed by atoms with Gasteiger partial charge < -0.3 is 20.1 Å². The summed E-state index contributed by atoms with van der Waals surface area (Å²) >= 11 is 1.80.